The van der Waals surface area contributed by atoms with Crippen LogP contribution in [-0.4, -0.2) is 19.0 Å². The molecule has 0 heterocycles. The van der Waals surface area contributed by atoms with Crippen molar-refractivity contribution < 1.29 is 9.53 Å². The summed E-state index contributed by atoms with van der Waals surface area (Å²) < 4.78 is 5.22. The molecule has 1 rings (SSSR count). The van der Waals surface area contributed by atoms with Gasteiger partial charge < -0.3 is 4.74 Å². The summed E-state index contributed by atoms with van der Waals surface area (Å²) in [6, 6.07) is 8.00. The Kier molecular flexibility index (Phi) is 5.20. The van der Waals surface area contributed by atoms with Crippen LogP contribution in [0.25, 0.3) is 0 Å². The van der Waals surface area contributed by atoms with E-state index >= 15 is 0 Å². The van der Waals surface area contributed by atoms with Crippen LogP contribution in [-0.2, 0) is 16.0 Å². The lowest BCUT2D eigenvalue weighted by Crippen LogP contribution is -2.24. The van der Waals surface area contributed by atoms with Gasteiger partial charge in [-0.25, -0.2) is 0 Å². The largest absolute Gasteiger partial charge is 0.374 e. The molecular formula is C14H20O2. The molecule has 2 heteroatoms. The van der Waals surface area contributed by atoms with E-state index in [9.17, 15) is 4.79 Å². The molecule has 0 amide bonds. The van der Waals surface area contributed by atoms with Crippen LogP contribution in [0.5, 0.6) is 0 Å². The fourth-order valence-electron chi connectivity index (χ4n) is 1.78. The van der Waals surface area contributed by atoms with Gasteiger partial charge in [0.2, 0.25) is 0 Å². The highest BCUT2D eigenvalue weighted by atomic mass is 16.5. The lowest BCUT2D eigenvalue weighted by Gasteiger charge is -2.13. The molecule has 0 radical (unpaired) electrons. The highest BCUT2D eigenvalue weighted by Gasteiger charge is 2.17. The van der Waals surface area contributed by atoms with Gasteiger partial charge in [0.15, 0.2) is 5.78 Å². The first-order valence-corrected chi connectivity index (χ1v) is 5.79. The number of carbonyl (C=O) groups excluding carboxylic acids is 1. The van der Waals surface area contributed by atoms with Crippen LogP contribution in [0.3, 0.4) is 0 Å². The Morgan fingerprint density at radius 2 is 2.06 bits per heavy atom. The zero-order valence-corrected chi connectivity index (χ0v) is 10.3. The number of hydrogen-bond acceptors (Lipinski definition) is 2. The van der Waals surface area contributed by atoms with Crippen LogP contribution in [0.1, 0.15) is 30.9 Å². The van der Waals surface area contributed by atoms with E-state index in [0.29, 0.717) is 6.42 Å². The van der Waals surface area contributed by atoms with Crippen LogP contribution in [0, 0.1) is 6.92 Å². The fourth-order valence-corrected chi connectivity index (χ4v) is 1.78. The quantitative estimate of drug-likeness (QED) is 0.736. The Morgan fingerprint density at radius 1 is 1.38 bits per heavy atom. The van der Waals surface area contributed by atoms with Gasteiger partial charge in [0, 0.05) is 13.5 Å². The molecule has 1 aromatic rings. The molecule has 1 unspecified atom stereocenters. The SMILES string of the molecule is CCCC(OC)C(=O)Cc1ccccc1C. The summed E-state index contributed by atoms with van der Waals surface area (Å²) in [5, 5.41) is 0. The van der Waals surface area contributed by atoms with Gasteiger partial charge in [-0.05, 0) is 24.5 Å². The number of Topliss-reactive ketones (excluding diaryl/α,β-unsaturated/α-hetero) is 1. The van der Waals surface area contributed by atoms with E-state index in [1.54, 1.807) is 7.11 Å². The van der Waals surface area contributed by atoms with Gasteiger partial charge in [-0.15, -0.1) is 0 Å². The van der Waals surface area contributed by atoms with E-state index in [1.807, 2.05) is 31.2 Å². The summed E-state index contributed by atoms with van der Waals surface area (Å²) in [6.45, 7) is 4.09. The van der Waals surface area contributed by atoms with Crippen molar-refractivity contribution in [1.29, 1.82) is 0 Å². The highest BCUT2D eigenvalue weighted by molar-refractivity contribution is 5.85. The molecule has 88 valence electrons. The van der Waals surface area contributed by atoms with Crippen LogP contribution < -0.4 is 0 Å². The number of rotatable bonds is 6. The average Bonchev–Trinajstić information content (AvgIpc) is 2.29. The summed E-state index contributed by atoms with van der Waals surface area (Å²) in [5.41, 5.74) is 2.27. The summed E-state index contributed by atoms with van der Waals surface area (Å²) in [5.74, 6) is 0.179. The Labute approximate surface area is 97.6 Å². The predicted octanol–water partition coefficient (Wildman–Crippen LogP) is 2.92. The number of ether oxygens (including phenoxy) is 1. The molecule has 16 heavy (non-hydrogen) atoms. The maximum absolute atomic E-state index is 12.0. The maximum atomic E-state index is 12.0. The highest BCUT2D eigenvalue weighted by Crippen LogP contribution is 2.11. The number of carbonyl (C=O) groups is 1. The molecular weight excluding hydrogens is 200 g/mol. The third-order valence-electron chi connectivity index (χ3n) is 2.82. The molecule has 1 atom stereocenters. The lowest BCUT2D eigenvalue weighted by molar-refractivity contribution is -0.128. The minimum Gasteiger partial charge on any atom is -0.374 e. The minimum atomic E-state index is -0.246. The second-order valence-corrected chi connectivity index (χ2v) is 4.08. The molecule has 2 nitrogen and oxygen atoms in total. The molecule has 0 bridgehead atoms. The van der Waals surface area contributed by atoms with E-state index in [-0.39, 0.29) is 11.9 Å². The zero-order valence-electron chi connectivity index (χ0n) is 10.3. The second-order valence-electron chi connectivity index (χ2n) is 4.08. The first-order chi connectivity index (χ1) is 7.69. The first-order valence-electron chi connectivity index (χ1n) is 5.79. The van der Waals surface area contributed by atoms with E-state index in [1.165, 1.54) is 5.56 Å². The van der Waals surface area contributed by atoms with Crippen molar-refractivity contribution in [2.24, 2.45) is 0 Å². The Morgan fingerprint density at radius 3 is 2.62 bits per heavy atom. The number of hydrogen-bond donors (Lipinski definition) is 0. The number of benzene rings is 1. The Bertz CT molecular complexity index is 344. The van der Waals surface area contributed by atoms with Crippen LogP contribution in [0.2, 0.25) is 0 Å². The molecule has 0 aromatic heterocycles. The normalized spacial score (nSPS) is 12.4. The van der Waals surface area contributed by atoms with Gasteiger partial charge in [-0.1, -0.05) is 37.6 Å². The molecule has 0 saturated carbocycles. The molecule has 0 spiro atoms. The lowest BCUT2D eigenvalue weighted by atomic mass is 9.99. The second kappa shape index (κ2) is 6.44. The average molecular weight is 220 g/mol. The van der Waals surface area contributed by atoms with Gasteiger partial charge in [0.1, 0.15) is 6.10 Å². The summed E-state index contributed by atoms with van der Waals surface area (Å²) in [4.78, 5) is 12.0. The van der Waals surface area contributed by atoms with Gasteiger partial charge in [-0.3, -0.25) is 4.79 Å². The monoisotopic (exact) mass is 220 g/mol. The van der Waals surface area contributed by atoms with Gasteiger partial charge in [-0.2, -0.15) is 0 Å². The van der Waals surface area contributed by atoms with Crippen LogP contribution in [0.4, 0.5) is 0 Å². The summed E-state index contributed by atoms with van der Waals surface area (Å²) >= 11 is 0. The van der Waals surface area contributed by atoms with Crippen molar-refractivity contribution >= 4 is 5.78 Å². The zero-order chi connectivity index (χ0) is 12.0. The van der Waals surface area contributed by atoms with Crippen molar-refractivity contribution in [3.05, 3.63) is 35.4 Å². The van der Waals surface area contributed by atoms with Gasteiger partial charge in [0.25, 0.3) is 0 Å². The molecule has 0 aliphatic carbocycles. The third-order valence-corrected chi connectivity index (χ3v) is 2.82. The molecule has 0 aliphatic heterocycles. The van der Waals surface area contributed by atoms with Gasteiger partial charge in [0.05, 0.1) is 0 Å². The molecule has 0 saturated heterocycles. The van der Waals surface area contributed by atoms with Crippen LogP contribution in [0.15, 0.2) is 24.3 Å². The van der Waals surface area contributed by atoms with Gasteiger partial charge >= 0.3 is 0 Å². The summed E-state index contributed by atoms with van der Waals surface area (Å²) in [7, 11) is 1.61. The van der Waals surface area contributed by atoms with Crippen molar-refractivity contribution in [2.45, 2.75) is 39.2 Å². The molecule has 0 N–H and O–H groups in total. The minimum absolute atomic E-state index is 0.179. The number of aryl methyl sites for hydroxylation is 1. The maximum Gasteiger partial charge on any atom is 0.165 e. The summed E-state index contributed by atoms with van der Waals surface area (Å²) in [6.07, 6.45) is 2.01. The van der Waals surface area contributed by atoms with E-state index in [2.05, 4.69) is 6.92 Å². The van der Waals surface area contributed by atoms with Crippen molar-refractivity contribution in [2.75, 3.05) is 7.11 Å². The van der Waals surface area contributed by atoms with Crippen molar-refractivity contribution in [1.82, 2.24) is 0 Å². The van der Waals surface area contributed by atoms with E-state index < -0.39 is 0 Å². The molecule has 0 fully saturated rings. The van der Waals surface area contributed by atoms with E-state index in [0.717, 1.165) is 18.4 Å². The van der Waals surface area contributed by atoms with Crippen molar-refractivity contribution in [3.8, 4) is 0 Å². The topological polar surface area (TPSA) is 26.3 Å². The molecule has 0 aliphatic rings. The molecule has 1 aromatic carbocycles. The number of methoxy groups -OCH3 is 1. The Hall–Kier alpha value is -1.15. The van der Waals surface area contributed by atoms with Crippen molar-refractivity contribution in [3.63, 3.8) is 0 Å². The standard InChI is InChI=1S/C14H20O2/c1-4-7-14(16-3)13(15)10-12-9-6-5-8-11(12)2/h5-6,8-9,14H,4,7,10H2,1-3H3. The Balaban J connectivity index is 2.66. The van der Waals surface area contributed by atoms with Crippen LogP contribution >= 0.6 is 0 Å². The smallest absolute Gasteiger partial charge is 0.165 e. The predicted molar refractivity (Wildman–Crippen MR) is 65.6 cm³/mol. The number of ketones is 1. The third kappa shape index (κ3) is 3.46. The van der Waals surface area contributed by atoms with E-state index in [4.69, 9.17) is 4.74 Å². The first kappa shape index (κ1) is 12.9. The fraction of sp³-hybridized carbons (Fsp3) is 0.500.